The SMILES string of the molecule is COc1ccc(C)c(-c2c(N)c(C(N)=O)c3nc(C)ccn23)c1C. The first-order chi connectivity index (χ1) is 11.4. The minimum absolute atomic E-state index is 0.246. The highest BCUT2D eigenvalue weighted by Gasteiger charge is 2.24. The number of hydrogen-bond donors (Lipinski definition) is 2. The highest BCUT2D eigenvalue weighted by atomic mass is 16.5. The zero-order valence-electron chi connectivity index (χ0n) is 14.2. The molecule has 0 fully saturated rings. The molecule has 0 radical (unpaired) electrons. The maximum atomic E-state index is 11.9. The van der Waals surface area contributed by atoms with Gasteiger partial charge >= 0.3 is 0 Å². The number of carbonyl (C=O) groups excluding carboxylic acids is 1. The highest BCUT2D eigenvalue weighted by molar-refractivity contribution is 6.08. The number of anilines is 1. The minimum Gasteiger partial charge on any atom is -0.496 e. The Morgan fingerprint density at radius 1 is 1.21 bits per heavy atom. The summed E-state index contributed by atoms with van der Waals surface area (Å²) in [5.74, 6) is 0.165. The van der Waals surface area contributed by atoms with Crippen molar-refractivity contribution in [3.63, 3.8) is 0 Å². The third-order valence-electron chi connectivity index (χ3n) is 4.29. The van der Waals surface area contributed by atoms with E-state index in [0.29, 0.717) is 17.0 Å². The molecule has 0 unspecified atom stereocenters. The Bertz CT molecular complexity index is 973. The number of benzene rings is 1. The van der Waals surface area contributed by atoms with Crippen LogP contribution in [-0.2, 0) is 0 Å². The number of amides is 1. The number of nitrogens with two attached hydrogens (primary N) is 2. The molecule has 0 spiro atoms. The van der Waals surface area contributed by atoms with Crippen molar-refractivity contribution in [3.05, 3.63) is 46.8 Å². The molecule has 24 heavy (non-hydrogen) atoms. The van der Waals surface area contributed by atoms with Gasteiger partial charge in [-0.2, -0.15) is 0 Å². The number of nitrogen functional groups attached to an aromatic ring is 1. The van der Waals surface area contributed by atoms with Crippen LogP contribution < -0.4 is 16.2 Å². The number of hydrogen-bond acceptors (Lipinski definition) is 4. The summed E-state index contributed by atoms with van der Waals surface area (Å²) < 4.78 is 7.25. The summed E-state index contributed by atoms with van der Waals surface area (Å²) in [5.41, 5.74) is 17.3. The van der Waals surface area contributed by atoms with Gasteiger partial charge in [0, 0.05) is 23.0 Å². The second-order valence-electron chi connectivity index (χ2n) is 5.85. The summed E-state index contributed by atoms with van der Waals surface area (Å²) in [6.45, 7) is 5.81. The van der Waals surface area contributed by atoms with Gasteiger partial charge in [-0.1, -0.05) is 6.07 Å². The van der Waals surface area contributed by atoms with Crippen LogP contribution in [0.25, 0.3) is 16.9 Å². The van der Waals surface area contributed by atoms with Crippen molar-refractivity contribution in [1.29, 1.82) is 0 Å². The van der Waals surface area contributed by atoms with Crippen molar-refractivity contribution < 1.29 is 9.53 Å². The first-order valence-corrected chi connectivity index (χ1v) is 7.58. The Hall–Kier alpha value is -3.02. The Morgan fingerprint density at radius 2 is 1.92 bits per heavy atom. The molecule has 6 heteroatoms. The molecule has 0 bridgehead atoms. The van der Waals surface area contributed by atoms with Crippen molar-refractivity contribution in [2.75, 3.05) is 12.8 Å². The summed E-state index contributed by atoms with van der Waals surface area (Å²) in [6, 6.07) is 5.74. The molecule has 3 rings (SSSR count). The molecule has 0 saturated heterocycles. The van der Waals surface area contributed by atoms with E-state index in [1.807, 2.05) is 49.6 Å². The van der Waals surface area contributed by atoms with Gasteiger partial charge in [-0.05, 0) is 38.5 Å². The molecule has 1 amide bonds. The average molecular weight is 324 g/mol. The Balaban J connectivity index is 2.49. The highest BCUT2D eigenvalue weighted by Crippen LogP contribution is 2.39. The lowest BCUT2D eigenvalue weighted by atomic mass is 9.97. The maximum Gasteiger partial charge on any atom is 0.254 e. The molecule has 0 saturated carbocycles. The molecule has 124 valence electrons. The first kappa shape index (κ1) is 15.9. The number of methoxy groups -OCH3 is 1. The predicted molar refractivity (Wildman–Crippen MR) is 94.3 cm³/mol. The molecular weight excluding hydrogens is 304 g/mol. The zero-order valence-corrected chi connectivity index (χ0v) is 14.2. The predicted octanol–water partition coefficient (Wildman–Crippen LogP) is 2.62. The summed E-state index contributed by atoms with van der Waals surface area (Å²) >= 11 is 0. The van der Waals surface area contributed by atoms with Crippen LogP contribution >= 0.6 is 0 Å². The largest absolute Gasteiger partial charge is 0.496 e. The van der Waals surface area contributed by atoms with Gasteiger partial charge in [0.25, 0.3) is 5.91 Å². The van der Waals surface area contributed by atoms with Gasteiger partial charge in [-0.25, -0.2) is 4.98 Å². The van der Waals surface area contributed by atoms with E-state index in [1.165, 1.54) is 0 Å². The van der Waals surface area contributed by atoms with Crippen molar-refractivity contribution >= 4 is 17.2 Å². The number of nitrogens with zero attached hydrogens (tertiary/aromatic N) is 2. The van der Waals surface area contributed by atoms with Gasteiger partial charge in [-0.3, -0.25) is 9.20 Å². The van der Waals surface area contributed by atoms with Crippen LogP contribution in [0.5, 0.6) is 5.75 Å². The van der Waals surface area contributed by atoms with Crippen LogP contribution in [0.3, 0.4) is 0 Å². The van der Waals surface area contributed by atoms with E-state index in [-0.39, 0.29) is 5.56 Å². The summed E-state index contributed by atoms with van der Waals surface area (Å²) in [6.07, 6.45) is 1.86. The standard InChI is InChI=1S/C18H20N4O2/c1-9-5-6-12(24-4)11(3)13(9)16-15(19)14(17(20)23)18-21-10(2)7-8-22(16)18/h5-8H,19H2,1-4H3,(H2,20,23). The van der Waals surface area contributed by atoms with Crippen LogP contribution in [0.2, 0.25) is 0 Å². The van der Waals surface area contributed by atoms with Gasteiger partial charge in [0.05, 0.1) is 18.5 Å². The Labute approximate surface area is 140 Å². The fraction of sp³-hybridized carbons (Fsp3) is 0.222. The summed E-state index contributed by atoms with van der Waals surface area (Å²) in [5, 5.41) is 0. The molecular formula is C18H20N4O2. The zero-order chi connectivity index (χ0) is 17.6. The first-order valence-electron chi connectivity index (χ1n) is 7.58. The van der Waals surface area contributed by atoms with Gasteiger partial charge in [0.1, 0.15) is 11.3 Å². The molecule has 4 N–H and O–H groups in total. The van der Waals surface area contributed by atoms with Gasteiger partial charge in [0.15, 0.2) is 5.65 Å². The maximum absolute atomic E-state index is 11.9. The average Bonchev–Trinajstić information content (AvgIpc) is 2.79. The molecule has 2 aromatic heterocycles. The van der Waals surface area contributed by atoms with E-state index in [4.69, 9.17) is 16.2 Å². The number of aryl methyl sites for hydroxylation is 2. The van der Waals surface area contributed by atoms with Crippen LogP contribution in [0, 0.1) is 20.8 Å². The smallest absolute Gasteiger partial charge is 0.254 e. The van der Waals surface area contributed by atoms with Gasteiger partial charge in [0.2, 0.25) is 0 Å². The molecule has 6 nitrogen and oxygen atoms in total. The third-order valence-corrected chi connectivity index (χ3v) is 4.29. The molecule has 3 aromatic rings. The molecule has 0 aliphatic heterocycles. The number of aromatic nitrogens is 2. The summed E-state index contributed by atoms with van der Waals surface area (Å²) in [4.78, 5) is 16.4. The molecule has 0 aliphatic carbocycles. The molecule has 0 atom stereocenters. The van der Waals surface area contributed by atoms with E-state index >= 15 is 0 Å². The number of ether oxygens (including phenoxy) is 1. The monoisotopic (exact) mass is 324 g/mol. The van der Waals surface area contributed by atoms with Gasteiger partial charge in [-0.15, -0.1) is 0 Å². The van der Waals surface area contributed by atoms with E-state index in [1.54, 1.807) is 7.11 Å². The number of primary amides is 1. The van der Waals surface area contributed by atoms with Crippen molar-refractivity contribution in [1.82, 2.24) is 9.38 Å². The number of rotatable bonds is 3. The normalized spacial score (nSPS) is 11.0. The minimum atomic E-state index is -0.590. The van der Waals surface area contributed by atoms with E-state index in [9.17, 15) is 4.79 Å². The lowest BCUT2D eigenvalue weighted by Crippen LogP contribution is -2.13. The topological polar surface area (TPSA) is 95.6 Å². The van der Waals surface area contributed by atoms with E-state index in [2.05, 4.69) is 4.98 Å². The second kappa shape index (κ2) is 5.56. The van der Waals surface area contributed by atoms with Crippen LogP contribution in [0.4, 0.5) is 5.69 Å². The van der Waals surface area contributed by atoms with Crippen LogP contribution in [-0.4, -0.2) is 22.4 Å². The lowest BCUT2D eigenvalue weighted by Gasteiger charge is -2.14. The molecule has 2 heterocycles. The van der Waals surface area contributed by atoms with Crippen LogP contribution in [0.15, 0.2) is 24.4 Å². The number of fused-ring (bicyclic) bond motifs is 1. The lowest BCUT2D eigenvalue weighted by molar-refractivity contribution is 0.100. The Kier molecular flexibility index (Phi) is 3.67. The Morgan fingerprint density at radius 3 is 2.54 bits per heavy atom. The number of carbonyl (C=O) groups is 1. The van der Waals surface area contributed by atoms with Crippen molar-refractivity contribution in [2.45, 2.75) is 20.8 Å². The van der Waals surface area contributed by atoms with E-state index < -0.39 is 5.91 Å². The molecule has 0 aliphatic rings. The third kappa shape index (κ3) is 2.19. The van der Waals surface area contributed by atoms with Crippen molar-refractivity contribution in [3.8, 4) is 17.0 Å². The quantitative estimate of drug-likeness (QED) is 0.774. The van der Waals surface area contributed by atoms with Gasteiger partial charge < -0.3 is 16.2 Å². The molecule has 1 aromatic carbocycles. The summed E-state index contributed by atoms with van der Waals surface area (Å²) in [7, 11) is 1.63. The fourth-order valence-corrected chi connectivity index (χ4v) is 3.15. The van der Waals surface area contributed by atoms with Crippen LogP contribution in [0.1, 0.15) is 27.2 Å². The fourth-order valence-electron chi connectivity index (χ4n) is 3.15. The van der Waals surface area contributed by atoms with E-state index in [0.717, 1.165) is 28.1 Å². The van der Waals surface area contributed by atoms with Crippen molar-refractivity contribution in [2.24, 2.45) is 5.73 Å². The second-order valence-corrected chi connectivity index (χ2v) is 5.85.